The second-order valence-corrected chi connectivity index (χ2v) is 7.78. The molecule has 0 bridgehead atoms. The Morgan fingerprint density at radius 1 is 1.07 bits per heavy atom. The van der Waals surface area contributed by atoms with Gasteiger partial charge in [-0.05, 0) is 52.2 Å². The quantitative estimate of drug-likeness (QED) is 0.747. The summed E-state index contributed by atoms with van der Waals surface area (Å²) >= 11 is 0. The van der Waals surface area contributed by atoms with Crippen molar-refractivity contribution in [2.75, 3.05) is 0 Å². The van der Waals surface area contributed by atoms with Crippen LogP contribution in [0.3, 0.4) is 0 Å². The van der Waals surface area contributed by atoms with Crippen molar-refractivity contribution in [3.63, 3.8) is 0 Å². The lowest BCUT2D eigenvalue weighted by Crippen LogP contribution is -2.41. The van der Waals surface area contributed by atoms with Crippen LogP contribution in [-0.4, -0.2) is 33.1 Å². The van der Waals surface area contributed by atoms with Gasteiger partial charge in [0.15, 0.2) is 0 Å². The van der Waals surface area contributed by atoms with Crippen molar-refractivity contribution >= 4 is 12.6 Å². The van der Waals surface area contributed by atoms with Gasteiger partial charge in [0.25, 0.3) is 0 Å². The maximum Gasteiger partial charge on any atom is 0.498 e. The molecule has 0 aliphatic carbocycles. The minimum Gasteiger partial charge on any atom is -0.399 e. The predicted octanol–water partition coefficient (Wildman–Crippen LogP) is 3.23. The summed E-state index contributed by atoms with van der Waals surface area (Å²) in [5.41, 5.74) is -0.0680. The lowest BCUT2D eigenvalue weighted by Gasteiger charge is -2.32. The molecule has 3 rings (SSSR count). The average molecular weight is 381 g/mol. The molecular formula is C18H23BF3N3O2. The van der Waals surface area contributed by atoms with Gasteiger partial charge in [0, 0.05) is 30.6 Å². The summed E-state index contributed by atoms with van der Waals surface area (Å²) in [4.78, 5) is 3.48. The lowest BCUT2D eigenvalue weighted by atomic mass is 9.82. The van der Waals surface area contributed by atoms with E-state index in [0.717, 1.165) is 23.5 Å². The van der Waals surface area contributed by atoms with Crippen molar-refractivity contribution in [3.05, 3.63) is 42.0 Å². The maximum absolute atomic E-state index is 12.5. The van der Waals surface area contributed by atoms with Crippen LogP contribution in [0.5, 0.6) is 0 Å². The molecule has 0 N–H and O–H groups in total. The van der Waals surface area contributed by atoms with Crippen LogP contribution >= 0.6 is 0 Å². The molecule has 0 atom stereocenters. The Morgan fingerprint density at radius 2 is 1.74 bits per heavy atom. The molecule has 2 aromatic rings. The summed E-state index contributed by atoms with van der Waals surface area (Å²) in [5, 5.41) is 4.33. The Labute approximate surface area is 157 Å². The highest BCUT2D eigenvalue weighted by Crippen LogP contribution is 2.36. The van der Waals surface area contributed by atoms with E-state index in [4.69, 9.17) is 9.31 Å². The molecule has 0 saturated carbocycles. The molecule has 0 aromatic carbocycles. The van der Waals surface area contributed by atoms with Crippen LogP contribution in [-0.2, 0) is 28.5 Å². The van der Waals surface area contributed by atoms with E-state index in [1.807, 2.05) is 33.9 Å². The second kappa shape index (κ2) is 6.94. The zero-order chi connectivity index (χ0) is 19.9. The van der Waals surface area contributed by atoms with Crippen molar-refractivity contribution in [2.45, 2.75) is 64.5 Å². The Morgan fingerprint density at radius 3 is 2.30 bits per heavy atom. The van der Waals surface area contributed by atoms with Gasteiger partial charge < -0.3 is 9.31 Å². The molecule has 2 aromatic heterocycles. The molecular weight excluding hydrogens is 358 g/mol. The molecule has 146 valence electrons. The van der Waals surface area contributed by atoms with Gasteiger partial charge in [0.2, 0.25) is 0 Å². The molecule has 1 aliphatic rings. The third kappa shape index (κ3) is 4.35. The first-order valence-electron chi connectivity index (χ1n) is 8.88. The number of hydrogen-bond donors (Lipinski definition) is 0. The molecule has 0 spiro atoms. The van der Waals surface area contributed by atoms with Crippen LogP contribution in [0.2, 0.25) is 0 Å². The smallest absolute Gasteiger partial charge is 0.399 e. The molecule has 0 unspecified atom stereocenters. The number of hydrogen-bond acceptors (Lipinski definition) is 4. The minimum absolute atomic E-state index is 0.407. The van der Waals surface area contributed by atoms with E-state index in [1.165, 1.54) is 12.3 Å². The van der Waals surface area contributed by atoms with Gasteiger partial charge in [-0.25, -0.2) is 0 Å². The molecule has 0 amide bonds. The van der Waals surface area contributed by atoms with Crippen molar-refractivity contribution in [1.29, 1.82) is 0 Å². The first-order chi connectivity index (χ1) is 12.5. The van der Waals surface area contributed by atoms with Crippen LogP contribution in [0.15, 0.2) is 30.7 Å². The summed E-state index contributed by atoms with van der Waals surface area (Å²) in [6.45, 7) is 8.62. The molecule has 1 saturated heterocycles. The molecule has 0 radical (unpaired) electrons. The highest BCUT2D eigenvalue weighted by Gasteiger charge is 2.52. The van der Waals surface area contributed by atoms with Gasteiger partial charge in [-0.1, -0.05) is 6.07 Å². The summed E-state index contributed by atoms with van der Waals surface area (Å²) in [7, 11) is -0.456. The third-order valence-corrected chi connectivity index (χ3v) is 5.15. The number of halogens is 3. The molecule has 1 fully saturated rings. The van der Waals surface area contributed by atoms with Gasteiger partial charge in [0.1, 0.15) is 5.69 Å². The van der Waals surface area contributed by atoms with Gasteiger partial charge in [-0.3, -0.25) is 9.67 Å². The fraction of sp³-hybridized carbons (Fsp3) is 0.556. The van der Waals surface area contributed by atoms with Crippen molar-refractivity contribution in [1.82, 2.24) is 14.8 Å². The fourth-order valence-electron chi connectivity index (χ4n) is 2.79. The molecule has 5 nitrogen and oxygen atoms in total. The molecule has 9 heteroatoms. The van der Waals surface area contributed by atoms with Crippen LogP contribution in [0.4, 0.5) is 13.2 Å². The van der Waals surface area contributed by atoms with Crippen molar-refractivity contribution in [3.8, 4) is 0 Å². The molecule has 3 heterocycles. The zero-order valence-corrected chi connectivity index (χ0v) is 15.9. The van der Waals surface area contributed by atoms with Crippen molar-refractivity contribution in [2.24, 2.45) is 0 Å². The van der Waals surface area contributed by atoms with E-state index in [9.17, 15) is 13.2 Å². The predicted molar refractivity (Wildman–Crippen MR) is 95.5 cm³/mol. The van der Waals surface area contributed by atoms with E-state index >= 15 is 0 Å². The number of nitrogens with zero attached hydrogens (tertiary/aromatic N) is 3. The number of alkyl halides is 3. The summed E-state index contributed by atoms with van der Waals surface area (Å²) in [6.07, 6.45) is 1.84. The largest absolute Gasteiger partial charge is 0.498 e. The Bertz CT molecular complexity index is 772. The second-order valence-electron chi connectivity index (χ2n) is 7.78. The highest BCUT2D eigenvalue weighted by atomic mass is 19.4. The normalized spacial score (nSPS) is 18.9. The first-order valence-corrected chi connectivity index (χ1v) is 8.88. The standard InChI is InChI=1S/C18H23BF3N3O2/c1-16(2)17(3,4)27-19(26-16)14-11-24-25(12-14)9-5-6-13-7-8-15(23-10-13)18(20,21)22/h7-8,10-12H,5-6,9H2,1-4H3. The Balaban J connectivity index is 1.53. The highest BCUT2D eigenvalue weighted by molar-refractivity contribution is 6.61. The van der Waals surface area contributed by atoms with E-state index in [2.05, 4.69) is 10.1 Å². The van der Waals surface area contributed by atoms with Crippen LogP contribution in [0.1, 0.15) is 45.4 Å². The number of aromatic nitrogens is 3. The molecule has 27 heavy (non-hydrogen) atoms. The Kier molecular flexibility index (Phi) is 5.11. The zero-order valence-electron chi connectivity index (χ0n) is 15.9. The summed E-state index contributed by atoms with van der Waals surface area (Å²) in [5.74, 6) is 0. The van der Waals surface area contributed by atoms with Gasteiger partial charge in [-0.15, -0.1) is 0 Å². The SMILES string of the molecule is CC1(C)OB(c2cnn(CCCc3ccc(C(F)(F)F)nc3)c2)OC1(C)C. The van der Waals surface area contributed by atoms with Crippen LogP contribution in [0.25, 0.3) is 0 Å². The Hall–Kier alpha value is -1.87. The van der Waals surface area contributed by atoms with Crippen molar-refractivity contribution < 1.29 is 22.5 Å². The van der Waals surface area contributed by atoms with Gasteiger partial charge in [0.05, 0.1) is 11.2 Å². The van der Waals surface area contributed by atoms with E-state index in [-0.39, 0.29) is 0 Å². The average Bonchev–Trinajstić information content (AvgIpc) is 3.10. The first kappa shape index (κ1) is 19.9. The van der Waals surface area contributed by atoms with E-state index in [1.54, 1.807) is 10.9 Å². The lowest BCUT2D eigenvalue weighted by molar-refractivity contribution is -0.141. The third-order valence-electron chi connectivity index (χ3n) is 5.15. The monoisotopic (exact) mass is 381 g/mol. The fourth-order valence-corrected chi connectivity index (χ4v) is 2.79. The number of rotatable bonds is 5. The van der Waals surface area contributed by atoms with E-state index < -0.39 is 30.2 Å². The summed E-state index contributed by atoms with van der Waals surface area (Å²) < 4.78 is 51.4. The maximum atomic E-state index is 12.5. The number of aryl methyl sites for hydroxylation is 2. The van der Waals surface area contributed by atoms with Gasteiger partial charge in [-0.2, -0.15) is 18.3 Å². The van der Waals surface area contributed by atoms with Gasteiger partial charge >= 0.3 is 13.3 Å². The topological polar surface area (TPSA) is 49.2 Å². The van der Waals surface area contributed by atoms with E-state index in [0.29, 0.717) is 13.0 Å². The summed E-state index contributed by atoms with van der Waals surface area (Å²) in [6, 6.07) is 2.48. The minimum atomic E-state index is -4.41. The van der Waals surface area contributed by atoms with Crippen LogP contribution < -0.4 is 5.46 Å². The number of pyridine rings is 1. The molecule has 1 aliphatic heterocycles. The van der Waals surface area contributed by atoms with Crippen LogP contribution in [0, 0.1) is 0 Å².